The zero-order valence-electron chi connectivity index (χ0n) is 76.1. The smallest absolute Gasteiger partial charge is 0.410 e. The van der Waals surface area contributed by atoms with Crippen LogP contribution in [0.4, 0.5) is 24.0 Å². The Morgan fingerprint density at radius 1 is 0.391 bits per heavy atom. The molecule has 6 saturated heterocycles. The van der Waals surface area contributed by atoms with Crippen LogP contribution in [0, 0.1) is 0 Å². The number of amides is 6. The summed E-state index contributed by atoms with van der Waals surface area (Å²) in [7, 11) is 0. The van der Waals surface area contributed by atoms with Crippen LogP contribution in [-0.2, 0) is 81.5 Å². The number of hydrogen-bond acceptors (Lipinski definition) is 28. The second-order valence-electron chi connectivity index (χ2n) is 33.2. The van der Waals surface area contributed by atoms with E-state index in [9.17, 15) is 38.7 Å². The molecular formula is C98H117ClN16O18. The molecule has 9 aromatic rings. The van der Waals surface area contributed by atoms with Crippen LogP contribution in [0.3, 0.4) is 0 Å². The molecule has 0 saturated carbocycles. The van der Waals surface area contributed by atoms with Gasteiger partial charge in [0.05, 0.1) is 57.2 Å². The van der Waals surface area contributed by atoms with Gasteiger partial charge in [0.2, 0.25) is 29.4 Å². The summed E-state index contributed by atoms with van der Waals surface area (Å²) in [4.78, 5) is 127. The molecule has 6 fully saturated rings. The van der Waals surface area contributed by atoms with E-state index in [2.05, 4.69) is 56.6 Å². The number of nitrogens with one attached hydrogen (secondary N) is 2. The molecule has 5 aromatic carbocycles. The Bertz CT molecular complexity index is 5290. The molecule has 3 N–H and O–H groups in total. The third-order valence-electron chi connectivity index (χ3n) is 22.1. The molecule has 35 heteroatoms. The van der Waals surface area contributed by atoms with E-state index in [1.807, 2.05) is 192 Å². The summed E-state index contributed by atoms with van der Waals surface area (Å²) in [5.74, 6) is 1.44. The summed E-state index contributed by atoms with van der Waals surface area (Å²) in [6, 6.07) is 47.9. The zero-order valence-corrected chi connectivity index (χ0v) is 76.9. The van der Waals surface area contributed by atoms with Gasteiger partial charge in [0, 0.05) is 96.1 Å². The van der Waals surface area contributed by atoms with E-state index in [1.54, 1.807) is 66.6 Å². The van der Waals surface area contributed by atoms with Crippen LogP contribution in [-0.4, -0.2) is 251 Å². The van der Waals surface area contributed by atoms with E-state index in [1.165, 1.54) is 26.2 Å². The zero-order chi connectivity index (χ0) is 94.0. The fraction of sp³-hybridized carbons (Fsp3) is 0.418. The number of alkyl halides is 1. The number of carbonyl (C=O) groups is 7. The SMILES string of the molecule is CC.CC(=O)N1CCC(O)(c2nccnc2OC2CN(C(=O)OCc3ccccc3)C2)CC1.CC(=O)OCc1ccccc1.CC(C)(C)OC(=O)N1CC=C(c2nccnc2OC2CN(C(=O)OCc3ccccc3)C2)CC1.O=C(OCc1ccccc1)N1CC(Oc2nccnc2C2(Cl)CCNCC2)C1.O=C(OCc1ccccc1)N1CC(Oc2nccnc2C2=CCNCC2)C1. The number of piperidine rings is 2. The summed E-state index contributed by atoms with van der Waals surface area (Å²) in [6.07, 6.45) is 18.3. The highest BCUT2D eigenvalue weighted by Gasteiger charge is 2.44. The molecule has 12 heterocycles. The number of hydrogen-bond donors (Lipinski definition) is 3. The maximum absolute atomic E-state index is 12.3. The molecule has 8 aliphatic heterocycles. The Morgan fingerprint density at radius 2 is 0.729 bits per heavy atom. The first-order valence-electron chi connectivity index (χ1n) is 44.8. The largest absolute Gasteiger partial charge is 0.469 e. The summed E-state index contributed by atoms with van der Waals surface area (Å²) in [5.41, 5.74) is 7.73. The first-order chi connectivity index (χ1) is 64.4. The second-order valence-corrected chi connectivity index (χ2v) is 33.9. The van der Waals surface area contributed by atoms with Gasteiger partial charge in [-0.05, 0) is 118 Å². The lowest BCUT2D eigenvalue weighted by Crippen LogP contribution is -2.56. The van der Waals surface area contributed by atoms with E-state index in [-0.39, 0.29) is 93.0 Å². The topological polar surface area (TPSA) is 379 Å². The van der Waals surface area contributed by atoms with Crippen molar-refractivity contribution in [3.05, 3.63) is 264 Å². The van der Waals surface area contributed by atoms with Gasteiger partial charge >= 0.3 is 36.4 Å². The molecule has 704 valence electrons. The minimum absolute atomic E-state index is 0.00798. The first kappa shape index (κ1) is 98.6. The van der Waals surface area contributed by atoms with Crippen LogP contribution in [0.25, 0.3) is 11.1 Å². The predicted molar refractivity (Wildman–Crippen MR) is 493 cm³/mol. The molecule has 17 rings (SSSR count). The van der Waals surface area contributed by atoms with Crippen molar-refractivity contribution in [2.75, 3.05) is 105 Å². The molecule has 8 aliphatic rings. The molecule has 0 spiro atoms. The number of aliphatic hydroxyl groups is 1. The van der Waals surface area contributed by atoms with Crippen LogP contribution in [0.15, 0.2) is 213 Å². The van der Waals surface area contributed by atoms with E-state index in [4.69, 9.17) is 59.0 Å². The van der Waals surface area contributed by atoms with Crippen LogP contribution in [0.2, 0.25) is 0 Å². The molecule has 6 amide bonds. The quantitative estimate of drug-likeness (QED) is 0.0322. The molecule has 0 aliphatic carbocycles. The summed E-state index contributed by atoms with van der Waals surface area (Å²) in [6.45, 7) is 22.6. The van der Waals surface area contributed by atoms with Crippen LogP contribution in [0.1, 0.15) is 138 Å². The van der Waals surface area contributed by atoms with Crippen LogP contribution in [0.5, 0.6) is 23.5 Å². The lowest BCUT2D eigenvalue weighted by atomic mass is 9.88. The average molecular weight is 1840 g/mol. The highest BCUT2D eigenvalue weighted by molar-refractivity contribution is 6.24. The molecule has 0 bridgehead atoms. The Balaban J connectivity index is 0.000000153. The Morgan fingerprint density at radius 3 is 1.08 bits per heavy atom. The third-order valence-corrected chi connectivity index (χ3v) is 22.7. The first-order valence-corrected chi connectivity index (χ1v) is 45.2. The normalized spacial score (nSPS) is 16.7. The van der Waals surface area contributed by atoms with Crippen LogP contribution >= 0.6 is 11.6 Å². The predicted octanol–water partition coefficient (Wildman–Crippen LogP) is 13.3. The summed E-state index contributed by atoms with van der Waals surface area (Å²) < 4.78 is 55.6. The van der Waals surface area contributed by atoms with Crippen molar-refractivity contribution in [1.82, 2.24) is 79.9 Å². The Labute approximate surface area is 779 Å². The minimum Gasteiger partial charge on any atom is -0.469 e. The third kappa shape index (κ3) is 29.8. The molecule has 0 unspecified atom stereocenters. The summed E-state index contributed by atoms with van der Waals surface area (Å²) >= 11 is 6.82. The minimum atomic E-state index is -1.20. The van der Waals surface area contributed by atoms with Gasteiger partial charge in [0.15, 0.2) is 0 Å². The number of ether oxygens (including phenoxy) is 10. The lowest BCUT2D eigenvalue weighted by Gasteiger charge is -2.40. The van der Waals surface area contributed by atoms with Gasteiger partial charge in [0.25, 0.3) is 0 Å². The molecular weight excluding hydrogens is 1720 g/mol. The molecule has 0 radical (unpaired) electrons. The van der Waals surface area contributed by atoms with Crippen LogP contribution < -0.4 is 29.6 Å². The Hall–Kier alpha value is -13.4. The fourth-order valence-corrected chi connectivity index (χ4v) is 15.0. The van der Waals surface area contributed by atoms with Gasteiger partial charge in [-0.1, -0.05) is 178 Å². The van der Waals surface area contributed by atoms with Crippen molar-refractivity contribution in [3.8, 4) is 23.5 Å². The number of nitrogens with zero attached hydrogens (tertiary/aromatic N) is 14. The maximum Gasteiger partial charge on any atom is 0.410 e. The molecule has 34 nitrogen and oxygen atoms in total. The number of rotatable bonds is 22. The maximum atomic E-state index is 12.3. The van der Waals surface area contributed by atoms with E-state index in [0.29, 0.717) is 139 Å². The van der Waals surface area contributed by atoms with Gasteiger partial charge in [0.1, 0.15) is 91.4 Å². The van der Waals surface area contributed by atoms with E-state index >= 15 is 0 Å². The number of halogens is 1. The van der Waals surface area contributed by atoms with Crippen molar-refractivity contribution >= 4 is 65.1 Å². The van der Waals surface area contributed by atoms with Gasteiger partial charge in [-0.15, -0.1) is 11.6 Å². The van der Waals surface area contributed by atoms with Gasteiger partial charge < -0.3 is 92.5 Å². The number of aromatic nitrogens is 8. The second kappa shape index (κ2) is 49.2. The number of carbonyl (C=O) groups excluding carboxylic acids is 7. The van der Waals surface area contributed by atoms with Gasteiger partial charge in [-0.3, -0.25) is 19.6 Å². The van der Waals surface area contributed by atoms with Gasteiger partial charge in [-0.25, -0.2) is 53.9 Å². The number of benzene rings is 5. The number of esters is 1. The fourth-order valence-electron chi connectivity index (χ4n) is 14.7. The van der Waals surface area contributed by atoms with E-state index < -0.39 is 22.2 Å². The highest BCUT2D eigenvalue weighted by Crippen LogP contribution is 2.42. The molecule has 133 heavy (non-hydrogen) atoms. The molecule has 4 aromatic heterocycles. The lowest BCUT2D eigenvalue weighted by molar-refractivity contribution is -0.142. The van der Waals surface area contributed by atoms with Crippen molar-refractivity contribution in [2.45, 2.75) is 161 Å². The monoisotopic (exact) mass is 1840 g/mol. The van der Waals surface area contributed by atoms with Crippen molar-refractivity contribution in [1.29, 1.82) is 0 Å². The van der Waals surface area contributed by atoms with Crippen molar-refractivity contribution in [2.24, 2.45) is 0 Å². The Kier molecular flexibility index (Phi) is 36.4. The average Bonchev–Trinajstić information content (AvgIpc) is 0.786. The van der Waals surface area contributed by atoms with Gasteiger partial charge in [-0.2, -0.15) is 0 Å². The molecule has 0 atom stereocenters. The van der Waals surface area contributed by atoms with E-state index in [0.717, 1.165) is 90.1 Å². The van der Waals surface area contributed by atoms with Crippen molar-refractivity contribution in [3.63, 3.8) is 0 Å². The summed E-state index contributed by atoms with van der Waals surface area (Å²) in [5, 5.41) is 17.7. The number of likely N-dealkylation sites (tertiary alicyclic amines) is 5. The standard InChI is InChI=1S/C25H30N4O5.C22H26N4O5.C20H23ClN4O3.C20H22N4O3.C9H10O2.C2H6/c1-25(2,3)34-24(31)28-13-9-19(10-14-28)21-22(27-12-11-26-21)33-20-15-29(16-20)23(30)32-17-18-7-5-4-6-8-18;1-16(27)25-11-7-22(29,8-12-25)19-20(24-10-9-23-19)31-18-13-26(14-18)21(28)30-15-17-5-3-2-4-6-17;21-20(6-8-22-9-7-20)17-18(24-11-10-23-17)28-16-12-25(13-16)19(26)27-14-15-4-2-1-3-5-15;25-20(26-14-15-4-2-1-3-5-15)24-12-17(13-24)27-19-18(22-10-11-23-19)16-6-8-21-9-7-16;1-8(10)11-7-9-5-3-2-4-6-9;1-2/h4-9,11-12,20H,10,13-17H2,1-3H3;2-6,9-10,18,29H,7-8,11-15H2,1H3;1-5,10-11,16,22H,6-9,12-14H2;1-6,10-11,17,21H,7-9,12-14H2;2-6H,7H2,1H3;1-2H3. The highest BCUT2D eigenvalue weighted by atomic mass is 35.5. The van der Waals surface area contributed by atoms with Crippen molar-refractivity contribution < 1.29 is 86.0 Å².